The van der Waals surface area contributed by atoms with Crippen LogP contribution in [0.3, 0.4) is 0 Å². The van der Waals surface area contributed by atoms with E-state index in [4.69, 9.17) is 11.6 Å². The third-order valence-corrected chi connectivity index (χ3v) is 4.48. The van der Waals surface area contributed by atoms with Crippen LogP contribution in [-0.2, 0) is 6.54 Å². The molecule has 1 fully saturated rings. The Labute approximate surface area is 151 Å². The zero-order valence-corrected chi connectivity index (χ0v) is 14.7. The lowest BCUT2D eigenvalue weighted by atomic mass is 10.2. The van der Waals surface area contributed by atoms with E-state index in [1.54, 1.807) is 11.9 Å². The molecule has 7 nitrogen and oxygen atoms in total. The van der Waals surface area contributed by atoms with Gasteiger partial charge < -0.3 is 10.2 Å². The van der Waals surface area contributed by atoms with Gasteiger partial charge in [-0.2, -0.15) is 9.78 Å². The summed E-state index contributed by atoms with van der Waals surface area (Å²) in [6.07, 6.45) is 2.86. The summed E-state index contributed by atoms with van der Waals surface area (Å²) in [5.41, 5.74) is 1.57. The average Bonchev–Trinajstić information content (AvgIpc) is 3.13. The van der Waals surface area contributed by atoms with Crippen LogP contribution in [0.2, 0.25) is 5.02 Å². The van der Waals surface area contributed by atoms with Gasteiger partial charge in [0.25, 0.3) is 5.91 Å². The molecule has 132 valence electrons. The number of halogens is 1. The van der Waals surface area contributed by atoms with Gasteiger partial charge in [-0.1, -0.05) is 23.7 Å². The molecule has 0 aliphatic carbocycles. The van der Waals surface area contributed by atoms with Crippen LogP contribution in [-0.4, -0.2) is 64.7 Å². The smallest absolute Gasteiger partial charge is 0.344 e. The SMILES string of the molecule is CNC(=O)c1cnn(C(=O)N2CCN(Cc3ccc(Cl)cc3)CC2)c1. The van der Waals surface area contributed by atoms with Gasteiger partial charge in [-0.25, -0.2) is 4.79 Å². The maximum atomic E-state index is 12.5. The fraction of sp³-hybridized carbons (Fsp3) is 0.353. The number of nitrogens with zero attached hydrogens (tertiary/aromatic N) is 4. The van der Waals surface area contributed by atoms with E-state index >= 15 is 0 Å². The summed E-state index contributed by atoms with van der Waals surface area (Å²) in [7, 11) is 1.54. The summed E-state index contributed by atoms with van der Waals surface area (Å²) in [6, 6.07) is 7.60. The number of amides is 2. The predicted octanol–water partition coefficient (Wildman–Crippen LogP) is 1.68. The zero-order valence-electron chi connectivity index (χ0n) is 14.0. The number of aromatic nitrogens is 2. The van der Waals surface area contributed by atoms with Gasteiger partial charge in [-0.3, -0.25) is 9.69 Å². The summed E-state index contributed by atoms with van der Waals surface area (Å²) in [5.74, 6) is -0.258. The standard InChI is InChI=1S/C17H20ClN5O2/c1-19-16(24)14-10-20-23(12-14)17(25)22-8-6-21(7-9-22)11-13-2-4-15(18)5-3-13/h2-5,10,12H,6-9,11H2,1H3,(H,19,24). The minimum absolute atomic E-state index is 0.207. The van der Waals surface area contributed by atoms with Gasteiger partial charge in [-0.15, -0.1) is 0 Å². The Morgan fingerprint density at radius 1 is 1.16 bits per heavy atom. The number of hydrogen-bond donors (Lipinski definition) is 1. The second-order valence-corrected chi connectivity index (χ2v) is 6.36. The highest BCUT2D eigenvalue weighted by atomic mass is 35.5. The van der Waals surface area contributed by atoms with Gasteiger partial charge in [0.15, 0.2) is 0 Å². The third kappa shape index (κ3) is 4.18. The minimum Gasteiger partial charge on any atom is -0.355 e. The molecule has 0 radical (unpaired) electrons. The van der Waals surface area contributed by atoms with Crippen molar-refractivity contribution in [3.05, 3.63) is 52.8 Å². The first kappa shape index (κ1) is 17.4. The molecule has 8 heteroatoms. The quantitative estimate of drug-likeness (QED) is 0.903. The van der Waals surface area contributed by atoms with Crippen molar-refractivity contribution in [3.63, 3.8) is 0 Å². The lowest BCUT2D eigenvalue weighted by Gasteiger charge is -2.34. The Morgan fingerprint density at radius 3 is 2.48 bits per heavy atom. The molecule has 0 bridgehead atoms. The van der Waals surface area contributed by atoms with Crippen molar-refractivity contribution in [1.29, 1.82) is 0 Å². The highest BCUT2D eigenvalue weighted by molar-refractivity contribution is 6.30. The summed E-state index contributed by atoms with van der Waals surface area (Å²) in [6.45, 7) is 3.67. The van der Waals surface area contributed by atoms with E-state index in [2.05, 4.69) is 15.3 Å². The second-order valence-electron chi connectivity index (χ2n) is 5.92. The fourth-order valence-electron chi connectivity index (χ4n) is 2.78. The van der Waals surface area contributed by atoms with Crippen LogP contribution in [0.25, 0.3) is 0 Å². The van der Waals surface area contributed by atoms with Crippen LogP contribution in [0.4, 0.5) is 4.79 Å². The lowest BCUT2D eigenvalue weighted by Crippen LogP contribution is -2.49. The number of piperazine rings is 1. The van der Waals surface area contributed by atoms with Crippen molar-refractivity contribution < 1.29 is 9.59 Å². The second kappa shape index (κ2) is 7.67. The molecule has 0 spiro atoms. The molecular formula is C17H20ClN5O2. The van der Waals surface area contributed by atoms with E-state index in [1.165, 1.54) is 22.6 Å². The molecule has 25 heavy (non-hydrogen) atoms. The highest BCUT2D eigenvalue weighted by Crippen LogP contribution is 2.13. The van der Waals surface area contributed by atoms with Gasteiger partial charge in [0.05, 0.1) is 11.8 Å². The Bertz CT molecular complexity index is 751. The largest absolute Gasteiger partial charge is 0.355 e. The number of nitrogens with one attached hydrogen (secondary N) is 1. The molecule has 3 rings (SSSR count). The van der Waals surface area contributed by atoms with Crippen molar-refractivity contribution in [2.45, 2.75) is 6.54 Å². The van der Waals surface area contributed by atoms with Crippen LogP contribution in [0.1, 0.15) is 15.9 Å². The molecule has 0 atom stereocenters. The summed E-state index contributed by atoms with van der Waals surface area (Å²) in [5, 5.41) is 7.24. The molecule has 2 aromatic rings. The molecule has 2 heterocycles. The average molecular weight is 362 g/mol. The molecule has 1 saturated heterocycles. The number of rotatable bonds is 3. The summed E-state index contributed by atoms with van der Waals surface area (Å²) >= 11 is 5.91. The first-order valence-electron chi connectivity index (χ1n) is 8.09. The third-order valence-electron chi connectivity index (χ3n) is 4.23. The molecule has 1 N–H and O–H groups in total. The van der Waals surface area contributed by atoms with Crippen LogP contribution in [0.5, 0.6) is 0 Å². The predicted molar refractivity (Wildman–Crippen MR) is 94.7 cm³/mol. The molecule has 2 amide bonds. The molecule has 1 aromatic carbocycles. The molecule has 1 aliphatic heterocycles. The maximum Gasteiger partial charge on any atom is 0.344 e. The van der Waals surface area contributed by atoms with E-state index < -0.39 is 0 Å². The van der Waals surface area contributed by atoms with Crippen molar-refractivity contribution in [1.82, 2.24) is 24.9 Å². The monoisotopic (exact) mass is 361 g/mol. The Kier molecular flexibility index (Phi) is 5.35. The number of carbonyl (C=O) groups excluding carboxylic acids is 2. The van der Waals surface area contributed by atoms with Gasteiger partial charge in [-0.05, 0) is 17.7 Å². The van der Waals surface area contributed by atoms with Crippen LogP contribution < -0.4 is 5.32 Å². The summed E-state index contributed by atoms with van der Waals surface area (Å²) in [4.78, 5) is 28.1. The molecule has 1 aromatic heterocycles. The topological polar surface area (TPSA) is 70.5 Å². The lowest BCUT2D eigenvalue weighted by molar-refractivity contribution is 0.0963. The van der Waals surface area contributed by atoms with Gasteiger partial charge in [0.2, 0.25) is 0 Å². The van der Waals surface area contributed by atoms with Gasteiger partial charge in [0, 0.05) is 51.0 Å². The van der Waals surface area contributed by atoms with Crippen LogP contribution in [0, 0.1) is 0 Å². The Morgan fingerprint density at radius 2 is 1.84 bits per heavy atom. The number of carbonyl (C=O) groups is 2. The van der Waals surface area contributed by atoms with Crippen molar-refractivity contribution in [2.75, 3.05) is 33.2 Å². The number of benzene rings is 1. The Hall–Kier alpha value is -2.38. The highest BCUT2D eigenvalue weighted by Gasteiger charge is 2.23. The van der Waals surface area contributed by atoms with Crippen molar-refractivity contribution in [3.8, 4) is 0 Å². The fourth-order valence-corrected chi connectivity index (χ4v) is 2.91. The normalized spacial score (nSPS) is 15.2. The Balaban J connectivity index is 1.54. The van der Waals surface area contributed by atoms with Crippen LogP contribution >= 0.6 is 11.6 Å². The van der Waals surface area contributed by atoms with Crippen LogP contribution in [0.15, 0.2) is 36.7 Å². The van der Waals surface area contributed by atoms with E-state index in [0.717, 1.165) is 24.7 Å². The first-order chi connectivity index (χ1) is 12.1. The molecule has 1 aliphatic rings. The van der Waals surface area contributed by atoms with Gasteiger partial charge >= 0.3 is 6.03 Å². The summed E-state index contributed by atoms with van der Waals surface area (Å²) < 4.78 is 1.22. The first-order valence-corrected chi connectivity index (χ1v) is 8.47. The zero-order chi connectivity index (χ0) is 17.8. The van der Waals surface area contributed by atoms with E-state index in [-0.39, 0.29) is 11.9 Å². The van der Waals surface area contributed by atoms with Crippen molar-refractivity contribution >= 4 is 23.5 Å². The van der Waals surface area contributed by atoms with E-state index in [1.807, 2.05) is 24.3 Å². The molecule has 0 saturated carbocycles. The maximum absolute atomic E-state index is 12.5. The molecule has 0 unspecified atom stereocenters. The molecular weight excluding hydrogens is 342 g/mol. The van der Waals surface area contributed by atoms with E-state index in [9.17, 15) is 9.59 Å². The minimum atomic E-state index is -0.258. The number of hydrogen-bond acceptors (Lipinski definition) is 4. The van der Waals surface area contributed by atoms with Gasteiger partial charge in [0.1, 0.15) is 0 Å². The van der Waals surface area contributed by atoms with E-state index in [0.29, 0.717) is 18.7 Å². The van der Waals surface area contributed by atoms with Crippen molar-refractivity contribution in [2.24, 2.45) is 0 Å².